The number of anilines is 1. The van der Waals surface area contributed by atoms with Crippen molar-refractivity contribution in [2.75, 3.05) is 5.32 Å². The van der Waals surface area contributed by atoms with E-state index < -0.39 is 5.60 Å². The molecule has 3 heterocycles. The summed E-state index contributed by atoms with van der Waals surface area (Å²) in [6, 6.07) is 11.2. The molecule has 3 aromatic heterocycles. The Bertz CT molecular complexity index is 1350. The number of benzene rings is 1. The lowest BCUT2D eigenvalue weighted by Crippen LogP contribution is -2.23. The molecule has 4 aromatic rings. The molecule has 1 N–H and O–H groups in total. The quantitative estimate of drug-likeness (QED) is 0.282. The number of nitrogens with one attached hydrogen (secondary N) is 1. The highest BCUT2D eigenvalue weighted by Crippen LogP contribution is 2.24. The summed E-state index contributed by atoms with van der Waals surface area (Å²) < 4.78 is 12.4. The molecule has 1 aromatic carbocycles. The average molecular weight is 476 g/mol. The van der Waals surface area contributed by atoms with Crippen LogP contribution in [0.5, 0.6) is 0 Å². The zero-order valence-corrected chi connectivity index (χ0v) is 20.4. The number of ether oxygens (including phenoxy) is 1. The van der Waals surface area contributed by atoms with E-state index in [1.54, 1.807) is 16.8 Å². The molecule has 0 fully saturated rings. The van der Waals surface area contributed by atoms with Gasteiger partial charge in [-0.1, -0.05) is 23.4 Å². The first-order chi connectivity index (χ1) is 16.7. The van der Waals surface area contributed by atoms with E-state index in [0.717, 1.165) is 17.5 Å². The lowest BCUT2D eigenvalue weighted by Gasteiger charge is -2.19. The summed E-state index contributed by atoms with van der Waals surface area (Å²) in [6.07, 6.45) is 5.68. The second-order valence-electron chi connectivity index (χ2n) is 9.36. The second kappa shape index (κ2) is 10.1. The Morgan fingerprint density at radius 3 is 2.77 bits per heavy atom. The molecule has 0 spiro atoms. The van der Waals surface area contributed by atoms with Crippen molar-refractivity contribution in [3.63, 3.8) is 0 Å². The number of aryl methyl sites for hydroxylation is 2. The molecule has 9 heteroatoms. The Hall–Kier alpha value is -4.01. The highest BCUT2D eigenvalue weighted by molar-refractivity contribution is 6.04. The van der Waals surface area contributed by atoms with Crippen molar-refractivity contribution in [1.82, 2.24) is 19.5 Å². The lowest BCUT2D eigenvalue weighted by molar-refractivity contribution is -0.154. The summed E-state index contributed by atoms with van der Waals surface area (Å²) in [4.78, 5) is 33.5. The first-order valence-corrected chi connectivity index (χ1v) is 11.6. The predicted octanol–water partition coefficient (Wildman–Crippen LogP) is 5.00. The summed E-state index contributed by atoms with van der Waals surface area (Å²) in [6.45, 7) is 7.48. The molecule has 0 saturated carbocycles. The molecule has 1 amide bonds. The minimum Gasteiger partial charge on any atom is -0.460 e. The summed E-state index contributed by atoms with van der Waals surface area (Å²) in [5.74, 6) is 0.475. The van der Waals surface area contributed by atoms with Crippen molar-refractivity contribution in [3.05, 3.63) is 65.9 Å². The number of fused-ring (bicyclic) bond motifs is 1. The number of unbranched alkanes of at least 4 members (excludes halogenated alkanes) is 1. The van der Waals surface area contributed by atoms with Crippen LogP contribution < -0.4 is 5.32 Å². The van der Waals surface area contributed by atoms with Gasteiger partial charge in [-0.15, -0.1) is 0 Å². The highest BCUT2D eigenvalue weighted by atomic mass is 16.6. The van der Waals surface area contributed by atoms with E-state index in [0.29, 0.717) is 48.0 Å². The third-order valence-corrected chi connectivity index (χ3v) is 5.30. The van der Waals surface area contributed by atoms with Crippen LogP contribution in [0.3, 0.4) is 0 Å². The number of carbonyl (C=O) groups excluding carboxylic acids is 2. The van der Waals surface area contributed by atoms with Crippen molar-refractivity contribution >= 4 is 23.2 Å². The van der Waals surface area contributed by atoms with Gasteiger partial charge in [-0.05, 0) is 64.3 Å². The standard InChI is InChI=1S/C26H29N5O4/c1-17-12-13-18(15-19(17)28-25(33)20-16-27-21-9-7-8-14-31(20)21)24-29-22(35-30-24)10-5-6-11-23(32)34-26(2,3)4/h7-9,12-16H,5-6,10-11H2,1-4H3,(H,28,33). The van der Waals surface area contributed by atoms with Crippen LogP contribution in [0.15, 0.2) is 53.3 Å². The molecule has 4 rings (SSSR count). The molecule has 0 unspecified atom stereocenters. The largest absolute Gasteiger partial charge is 0.460 e. The van der Waals surface area contributed by atoms with E-state index >= 15 is 0 Å². The van der Waals surface area contributed by atoms with Gasteiger partial charge in [0.2, 0.25) is 11.7 Å². The molecule has 9 nitrogen and oxygen atoms in total. The molecule has 0 aliphatic carbocycles. The van der Waals surface area contributed by atoms with Crippen LogP contribution in [0, 0.1) is 6.92 Å². The second-order valence-corrected chi connectivity index (χ2v) is 9.36. The Morgan fingerprint density at radius 1 is 1.14 bits per heavy atom. The maximum absolute atomic E-state index is 12.9. The van der Waals surface area contributed by atoms with E-state index in [1.165, 1.54) is 0 Å². The zero-order valence-electron chi connectivity index (χ0n) is 20.4. The van der Waals surface area contributed by atoms with Gasteiger partial charge in [0.15, 0.2) is 0 Å². The van der Waals surface area contributed by atoms with Crippen LogP contribution in [-0.4, -0.2) is 37.0 Å². The van der Waals surface area contributed by atoms with Crippen LogP contribution in [0.4, 0.5) is 5.69 Å². The number of carbonyl (C=O) groups is 2. The van der Waals surface area contributed by atoms with E-state index in [2.05, 4.69) is 20.4 Å². The number of hydrogen-bond acceptors (Lipinski definition) is 7. The number of aromatic nitrogens is 4. The van der Waals surface area contributed by atoms with Crippen LogP contribution in [0.2, 0.25) is 0 Å². The minimum atomic E-state index is -0.475. The van der Waals surface area contributed by atoms with Gasteiger partial charge < -0.3 is 14.6 Å². The molecule has 0 aliphatic heterocycles. The smallest absolute Gasteiger partial charge is 0.306 e. The fraction of sp³-hybridized carbons (Fsp3) is 0.346. The van der Waals surface area contributed by atoms with Crippen molar-refractivity contribution in [1.29, 1.82) is 0 Å². The fourth-order valence-corrected chi connectivity index (χ4v) is 3.59. The molecular formula is C26H29N5O4. The fourth-order valence-electron chi connectivity index (χ4n) is 3.59. The third-order valence-electron chi connectivity index (χ3n) is 5.30. The number of imidazole rings is 1. The summed E-state index contributed by atoms with van der Waals surface area (Å²) >= 11 is 0. The van der Waals surface area contributed by atoms with Crippen LogP contribution in [0.1, 0.15) is 62.0 Å². The van der Waals surface area contributed by atoms with E-state index in [9.17, 15) is 9.59 Å². The summed E-state index contributed by atoms with van der Waals surface area (Å²) in [5, 5.41) is 7.05. The monoisotopic (exact) mass is 475 g/mol. The molecule has 0 aliphatic rings. The molecular weight excluding hydrogens is 446 g/mol. The molecule has 0 radical (unpaired) electrons. The van der Waals surface area contributed by atoms with Crippen molar-refractivity contribution in [2.45, 2.75) is 59.0 Å². The number of nitrogens with zero attached hydrogens (tertiary/aromatic N) is 4. The van der Waals surface area contributed by atoms with Gasteiger partial charge in [0.05, 0.1) is 6.20 Å². The number of rotatable bonds is 8. The maximum atomic E-state index is 12.9. The average Bonchev–Trinajstić information content (AvgIpc) is 3.44. The lowest BCUT2D eigenvalue weighted by atomic mass is 10.1. The van der Waals surface area contributed by atoms with Gasteiger partial charge in [-0.3, -0.25) is 14.0 Å². The predicted molar refractivity (Wildman–Crippen MR) is 131 cm³/mol. The van der Waals surface area contributed by atoms with Gasteiger partial charge in [0, 0.05) is 30.3 Å². The van der Waals surface area contributed by atoms with E-state index in [4.69, 9.17) is 9.26 Å². The van der Waals surface area contributed by atoms with Crippen molar-refractivity contribution < 1.29 is 18.8 Å². The molecule has 182 valence electrons. The highest BCUT2D eigenvalue weighted by Gasteiger charge is 2.17. The van der Waals surface area contributed by atoms with E-state index in [1.807, 2.05) is 64.1 Å². The first-order valence-electron chi connectivity index (χ1n) is 11.6. The number of hydrogen-bond donors (Lipinski definition) is 1. The minimum absolute atomic E-state index is 0.207. The number of pyridine rings is 1. The molecule has 35 heavy (non-hydrogen) atoms. The maximum Gasteiger partial charge on any atom is 0.306 e. The Balaban J connectivity index is 1.38. The zero-order chi connectivity index (χ0) is 25.0. The van der Waals surface area contributed by atoms with E-state index in [-0.39, 0.29) is 11.9 Å². The van der Waals surface area contributed by atoms with Crippen LogP contribution in [0.25, 0.3) is 17.0 Å². The Morgan fingerprint density at radius 2 is 1.97 bits per heavy atom. The van der Waals surface area contributed by atoms with Crippen molar-refractivity contribution in [3.8, 4) is 11.4 Å². The normalized spacial score (nSPS) is 11.5. The van der Waals surface area contributed by atoms with Gasteiger partial charge in [-0.2, -0.15) is 4.98 Å². The Kier molecular flexibility index (Phi) is 6.95. The van der Waals surface area contributed by atoms with Gasteiger partial charge in [0.1, 0.15) is 16.9 Å². The third kappa shape index (κ3) is 6.11. The molecule has 0 saturated heterocycles. The van der Waals surface area contributed by atoms with Crippen molar-refractivity contribution in [2.24, 2.45) is 0 Å². The Labute approximate surface area is 203 Å². The SMILES string of the molecule is Cc1ccc(-c2noc(CCCCC(=O)OC(C)(C)C)n2)cc1NC(=O)c1cnc2ccccn12. The number of amides is 1. The first kappa shape index (κ1) is 24.1. The summed E-state index contributed by atoms with van der Waals surface area (Å²) in [7, 11) is 0. The summed E-state index contributed by atoms with van der Waals surface area (Å²) in [5.41, 5.74) is 2.96. The topological polar surface area (TPSA) is 112 Å². The van der Waals surface area contributed by atoms with Gasteiger partial charge in [0.25, 0.3) is 5.91 Å². The van der Waals surface area contributed by atoms with Crippen LogP contribution in [-0.2, 0) is 16.0 Å². The van der Waals surface area contributed by atoms with Crippen LogP contribution >= 0.6 is 0 Å². The van der Waals surface area contributed by atoms with Gasteiger partial charge in [-0.25, -0.2) is 4.98 Å². The number of esters is 1. The van der Waals surface area contributed by atoms with Gasteiger partial charge >= 0.3 is 5.97 Å². The molecule has 0 atom stereocenters. The molecule has 0 bridgehead atoms.